The van der Waals surface area contributed by atoms with Crippen molar-refractivity contribution in [3.8, 4) is 5.69 Å². The summed E-state index contributed by atoms with van der Waals surface area (Å²) in [6.45, 7) is 4.15. The van der Waals surface area contributed by atoms with E-state index in [0.29, 0.717) is 16.1 Å². The lowest BCUT2D eigenvalue weighted by atomic mass is 10.1. The summed E-state index contributed by atoms with van der Waals surface area (Å²) in [6.07, 6.45) is 5.11. The van der Waals surface area contributed by atoms with Crippen molar-refractivity contribution < 1.29 is 9.36 Å². The maximum Gasteiger partial charge on any atom is 0.259 e. The van der Waals surface area contributed by atoms with Crippen molar-refractivity contribution in [2.24, 2.45) is 0 Å². The van der Waals surface area contributed by atoms with E-state index in [-0.39, 0.29) is 5.78 Å². The Bertz CT molecular complexity index is 1180. The van der Waals surface area contributed by atoms with E-state index in [0.717, 1.165) is 33.2 Å². The molecular weight excluding hydrogens is 420 g/mol. The molecule has 4 aromatic rings. The van der Waals surface area contributed by atoms with Gasteiger partial charge in [0.1, 0.15) is 14.8 Å². The number of pyridine rings is 1. The lowest BCUT2D eigenvalue weighted by molar-refractivity contribution is -0.597. The number of carbonyl (C=O) groups is 1. The van der Waals surface area contributed by atoms with E-state index in [9.17, 15) is 4.79 Å². The zero-order valence-corrected chi connectivity index (χ0v) is 19.3. The minimum absolute atomic E-state index is 0.0239. The second-order valence-corrected chi connectivity index (χ2v) is 9.94. The van der Waals surface area contributed by atoms with Crippen molar-refractivity contribution >= 4 is 34.6 Å². The van der Waals surface area contributed by atoms with Crippen molar-refractivity contribution in [1.82, 2.24) is 0 Å². The number of aromatic nitrogens is 1. The first-order valence-corrected chi connectivity index (χ1v) is 12.0. The van der Waals surface area contributed by atoms with Crippen LogP contribution in [0.1, 0.15) is 31.9 Å². The summed E-state index contributed by atoms with van der Waals surface area (Å²) in [6, 6.07) is 22.0. The molecule has 0 bridgehead atoms. The topological polar surface area (TPSA) is 47.0 Å². The molecular formula is C26H25N2OS2+. The summed E-state index contributed by atoms with van der Waals surface area (Å²) in [7, 11) is 0. The first-order chi connectivity index (χ1) is 15.0. The van der Waals surface area contributed by atoms with Crippen molar-refractivity contribution in [2.45, 2.75) is 24.5 Å². The Morgan fingerprint density at radius 3 is 2.23 bits per heavy atom. The molecule has 0 fully saturated rings. The van der Waals surface area contributed by atoms with Gasteiger partial charge in [0.05, 0.1) is 0 Å². The van der Waals surface area contributed by atoms with E-state index in [4.69, 9.17) is 5.73 Å². The fraction of sp³-hybridized carbons (Fsp3) is 0.154. The second-order valence-electron chi connectivity index (χ2n) is 7.56. The minimum atomic E-state index is -0.0239. The number of hydrogen-bond acceptors (Lipinski definition) is 4. The van der Waals surface area contributed by atoms with Crippen molar-refractivity contribution in [2.75, 3.05) is 11.5 Å². The molecule has 0 spiro atoms. The van der Waals surface area contributed by atoms with Crippen LogP contribution < -0.4 is 10.3 Å². The zero-order valence-electron chi connectivity index (χ0n) is 17.7. The Balaban J connectivity index is 1.71. The molecule has 0 atom stereocenters. The second kappa shape index (κ2) is 9.50. The van der Waals surface area contributed by atoms with Crippen molar-refractivity contribution in [1.29, 1.82) is 0 Å². The predicted molar refractivity (Wildman–Crippen MR) is 130 cm³/mol. The van der Waals surface area contributed by atoms with Gasteiger partial charge in [0.2, 0.25) is 5.78 Å². The molecule has 5 heteroatoms. The fourth-order valence-corrected chi connectivity index (χ4v) is 6.12. The van der Waals surface area contributed by atoms with Crippen LogP contribution in [0.25, 0.3) is 5.69 Å². The quantitative estimate of drug-likeness (QED) is 0.222. The third-order valence-corrected chi connectivity index (χ3v) is 7.45. The number of nitrogen functional groups attached to an aromatic ring is 1. The molecule has 0 aliphatic heterocycles. The molecule has 2 aromatic heterocycles. The van der Waals surface area contributed by atoms with Crippen LogP contribution in [0.15, 0.2) is 83.3 Å². The lowest BCUT2D eigenvalue weighted by Gasteiger charge is -2.03. The molecule has 0 saturated carbocycles. The average Bonchev–Trinajstić information content (AvgIpc) is 3.10. The van der Waals surface area contributed by atoms with Crippen LogP contribution in [0, 0.1) is 13.8 Å². The highest BCUT2D eigenvalue weighted by Crippen LogP contribution is 2.40. The molecule has 2 aromatic carbocycles. The van der Waals surface area contributed by atoms with Gasteiger partial charge in [-0.15, -0.1) is 23.1 Å². The number of thioether (sulfide) groups is 1. The first-order valence-electron chi connectivity index (χ1n) is 10.2. The number of thiophene rings is 1. The summed E-state index contributed by atoms with van der Waals surface area (Å²) in [5.41, 5.74) is 12.4. The van der Waals surface area contributed by atoms with Crippen LogP contribution in [0.5, 0.6) is 0 Å². The number of hydrogen-bond donors (Lipinski definition) is 1. The number of ketones is 1. The summed E-state index contributed by atoms with van der Waals surface area (Å²) in [5, 5.41) is 0. The molecule has 0 aliphatic rings. The maximum absolute atomic E-state index is 13.2. The van der Waals surface area contributed by atoms with Crippen LogP contribution in [-0.4, -0.2) is 11.5 Å². The van der Waals surface area contributed by atoms with Gasteiger partial charge in [-0.2, -0.15) is 4.57 Å². The van der Waals surface area contributed by atoms with Crippen LogP contribution >= 0.6 is 23.1 Å². The largest absolute Gasteiger partial charge is 0.392 e. The molecule has 2 N–H and O–H groups in total. The van der Waals surface area contributed by atoms with E-state index >= 15 is 0 Å². The van der Waals surface area contributed by atoms with Gasteiger partial charge < -0.3 is 5.73 Å². The third-order valence-electron chi connectivity index (χ3n) is 5.00. The highest BCUT2D eigenvalue weighted by molar-refractivity contribution is 8.01. The van der Waals surface area contributed by atoms with Crippen LogP contribution in [0.2, 0.25) is 0 Å². The number of rotatable bonds is 7. The predicted octanol–water partition coefficient (Wildman–Crippen LogP) is 5.79. The monoisotopic (exact) mass is 445 g/mol. The Hall–Kier alpha value is -2.89. The van der Waals surface area contributed by atoms with Gasteiger partial charge in [0.25, 0.3) is 5.69 Å². The van der Waals surface area contributed by atoms with Crippen LogP contribution in [0.4, 0.5) is 5.69 Å². The number of nitrogens with two attached hydrogens (primary N) is 1. The molecule has 0 saturated heterocycles. The average molecular weight is 446 g/mol. The molecule has 0 amide bonds. The molecule has 0 radical (unpaired) electrons. The molecule has 2 heterocycles. The Labute approximate surface area is 191 Å². The summed E-state index contributed by atoms with van der Waals surface area (Å²) in [5.74, 6) is 0.894. The van der Waals surface area contributed by atoms with Gasteiger partial charge in [-0.05, 0) is 31.9 Å². The molecule has 0 unspecified atom stereocenters. The van der Waals surface area contributed by atoms with Gasteiger partial charge in [-0.1, -0.05) is 60.7 Å². The van der Waals surface area contributed by atoms with Gasteiger partial charge in [-0.25, -0.2) is 0 Å². The number of benzene rings is 2. The van der Waals surface area contributed by atoms with Gasteiger partial charge in [0, 0.05) is 22.4 Å². The Morgan fingerprint density at radius 2 is 1.58 bits per heavy atom. The van der Waals surface area contributed by atoms with Gasteiger partial charge in [0.15, 0.2) is 12.4 Å². The molecule has 156 valence electrons. The maximum atomic E-state index is 13.2. The number of anilines is 1. The summed E-state index contributed by atoms with van der Waals surface area (Å²) in [4.78, 5) is 13.8. The standard InChI is InChI=1S/C26H24N2OS2/c1-18-15-19(2)17-28(16-18)23-22(27)25(24(29)21-11-7-4-8-12-21)31-26(23)30-14-13-20-9-5-3-6-10-20/h3-12,15-17H,13-14H2,1-2H3,(H-,27,29)/p+1. The normalized spacial score (nSPS) is 10.9. The summed E-state index contributed by atoms with van der Waals surface area (Å²) < 4.78 is 3.14. The van der Waals surface area contributed by atoms with Crippen molar-refractivity contribution in [3.63, 3.8) is 0 Å². The van der Waals surface area contributed by atoms with Crippen LogP contribution in [0.3, 0.4) is 0 Å². The fourth-order valence-electron chi connectivity index (χ4n) is 3.59. The number of nitrogens with zero attached hydrogens (tertiary/aromatic N) is 1. The summed E-state index contributed by atoms with van der Waals surface area (Å²) >= 11 is 3.26. The lowest BCUT2D eigenvalue weighted by Crippen LogP contribution is -2.32. The van der Waals surface area contributed by atoms with E-state index in [1.165, 1.54) is 16.9 Å². The van der Waals surface area contributed by atoms with Crippen molar-refractivity contribution in [3.05, 3.63) is 106 Å². The van der Waals surface area contributed by atoms with E-state index < -0.39 is 0 Å². The van der Waals surface area contributed by atoms with Gasteiger partial charge in [-0.3, -0.25) is 4.79 Å². The van der Waals surface area contributed by atoms with E-state index in [1.807, 2.05) is 36.4 Å². The number of carbonyl (C=O) groups excluding carboxylic acids is 1. The third kappa shape index (κ3) is 4.89. The highest BCUT2D eigenvalue weighted by Gasteiger charge is 2.28. The smallest absolute Gasteiger partial charge is 0.259 e. The molecule has 31 heavy (non-hydrogen) atoms. The molecule has 0 aliphatic carbocycles. The van der Waals surface area contributed by atoms with E-state index in [2.05, 4.69) is 61.1 Å². The van der Waals surface area contributed by atoms with E-state index in [1.54, 1.807) is 11.8 Å². The minimum Gasteiger partial charge on any atom is -0.392 e. The SMILES string of the molecule is Cc1cc(C)c[n+](-c2c(SCCc3ccccc3)sc(C(=O)c3ccccc3)c2N)c1. The van der Waals surface area contributed by atoms with Gasteiger partial charge >= 0.3 is 0 Å². The molecule has 4 rings (SSSR count). The highest BCUT2D eigenvalue weighted by atomic mass is 32.2. The Morgan fingerprint density at radius 1 is 0.968 bits per heavy atom. The Kier molecular flexibility index (Phi) is 6.54. The number of aryl methyl sites for hydroxylation is 3. The zero-order chi connectivity index (χ0) is 21.8. The molecule has 3 nitrogen and oxygen atoms in total. The van der Waals surface area contributed by atoms with Crippen LogP contribution in [-0.2, 0) is 6.42 Å². The first kappa shape index (κ1) is 21.3.